The van der Waals surface area contributed by atoms with Crippen molar-refractivity contribution in [3.05, 3.63) is 100 Å². The molecular formula is C29H28F4N2O5S. The van der Waals surface area contributed by atoms with Gasteiger partial charge in [0.15, 0.2) is 9.84 Å². The van der Waals surface area contributed by atoms with Gasteiger partial charge in [0, 0.05) is 34.6 Å². The molecule has 3 aromatic carbocycles. The summed E-state index contributed by atoms with van der Waals surface area (Å²) in [7, 11) is -3.19. The van der Waals surface area contributed by atoms with E-state index in [-0.39, 0.29) is 34.2 Å². The van der Waals surface area contributed by atoms with Crippen LogP contribution in [0.3, 0.4) is 0 Å². The number of carbonyl (C=O) groups is 2. The molecule has 12 heteroatoms. The first-order valence-electron chi connectivity index (χ1n) is 12.4. The fraction of sp³-hybridized carbons (Fsp3) is 0.241. The van der Waals surface area contributed by atoms with Crippen molar-refractivity contribution >= 4 is 32.6 Å². The number of rotatable bonds is 7. The molecule has 1 amide bonds. The molecule has 0 radical (unpaired) electrons. The minimum atomic E-state index is -4.66. The van der Waals surface area contributed by atoms with Crippen LogP contribution in [-0.4, -0.2) is 35.7 Å². The van der Waals surface area contributed by atoms with Gasteiger partial charge in [-0.1, -0.05) is 13.0 Å². The fourth-order valence-electron chi connectivity index (χ4n) is 4.33. The first-order valence-corrected chi connectivity index (χ1v) is 14.1. The van der Waals surface area contributed by atoms with Gasteiger partial charge in [-0.15, -0.1) is 0 Å². The quantitative estimate of drug-likeness (QED) is 0.246. The van der Waals surface area contributed by atoms with Crippen molar-refractivity contribution in [3.63, 3.8) is 0 Å². The number of carbonyl (C=O) groups excluding carboxylic acids is 1. The second-order valence-corrected chi connectivity index (χ2v) is 11.7. The highest BCUT2D eigenvalue weighted by atomic mass is 32.2. The zero-order valence-electron chi connectivity index (χ0n) is 22.4. The van der Waals surface area contributed by atoms with Crippen LogP contribution in [0.15, 0.2) is 71.6 Å². The smallest absolute Gasteiger partial charge is 0.416 e. The number of sulfone groups is 1. The Bertz CT molecular complexity index is 1690. The number of hydrogen-bond donors (Lipinski definition) is 2. The molecule has 0 saturated carbocycles. The molecule has 0 atom stereocenters. The first kappa shape index (κ1) is 31.3. The first-order chi connectivity index (χ1) is 19.0. The Labute approximate surface area is 234 Å². The summed E-state index contributed by atoms with van der Waals surface area (Å²) in [6.07, 6.45) is -4.72. The maximum Gasteiger partial charge on any atom is 0.416 e. The van der Waals surface area contributed by atoms with Gasteiger partial charge in [0.2, 0.25) is 5.91 Å². The van der Waals surface area contributed by atoms with E-state index in [2.05, 4.69) is 0 Å². The van der Waals surface area contributed by atoms with Crippen LogP contribution < -0.4 is 5.73 Å². The van der Waals surface area contributed by atoms with Crippen molar-refractivity contribution in [2.45, 2.75) is 44.3 Å². The number of primary amides is 1. The number of hydrogen-bond acceptors (Lipinski definition) is 4. The van der Waals surface area contributed by atoms with E-state index in [4.69, 9.17) is 10.8 Å². The average Bonchev–Trinajstić information content (AvgIpc) is 3.26. The van der Waals surface area contributed by atoms with Crippen LogP contribution in [0.25, 0.3) is 10.9 Å². The molecule has 0 bridgehead atoms. The molecule has 0 saturated heterocycles. The van der Waals surface area contributed by atoms with E-state index in [9.17, 15) is 35.6 Å². The number of carboxylic acid groups (broad SMARTS) is 1. The van der Waals surface area contributed by atoms with E-state index < -0.39 is 39.3 Å². The molecule has 3 N–H and O–H groups in total. The number of fused-ring (bicyclic) bond motifs is 1. The van der Waals surface area contributed by atoms with E-state index in [1.54, 1.807) is 19.1 Å². The molecule has 1 aromatic heterocycles. The van der Waals surface area contributed by atoms with E-state index in [0.717, 1.165) is 17.6 Å². The lowest BCUT2D eigenvalue weighted by Crippen LogP contribution is -2.12. The highest BCUT2D eigenvalue weighted by Crippen LogP contribution is 2.35. The van der Waals surface area contributed by atoms with Gasteiger partial charge in [0.25, 0.3) is 0 Å². The molecule has 0 spiro atoms. The average molecular weight is 593 g/mol. The number of carboxylic acids is 1. The summed E-state index contributed by atoms with van der Waals surface area (Å²) >= 11 is 0. The SMILES string of the molecule is CC(C)n1c(Cc2ccc(F)cc2C(F)(F)F)cc2cc(C(=O)O)ccc21.CCS(=O)(=O)c1ccc(C(N)=O)cc1. The van der Waals surface area contributed by atoms with Crippen molar-refractivity contribution < 1.29 is 40.7 Å². The standard InChI is InChI=1S/C20H17F4NO2.C9H11NO3S/c1-11(2)25-16(9-14-7-13(19(26)27)4-6-18(14)25)8-12-3-5-15(21)10-17(12)20(22,23)24;1-2-14(12,13)8-5-3-7(4-6-8)9(10)11/h3-7,9-11H,8H2,1-2H3,(H,26,27);3-6H,2H2,1H3,(H2,10,11). The molecule has 0 aliphatic heterocycles. The van der Waals surface area contributed by atoms with Gasteiger partial charge < -0.3 is 15.4 Å². The summed E-state index contributed by atoms with van der Waals surface area (Å²) in [5.74, 6) is -2.54. The minimum Gasteiger partial charge on any atom is -0.478 e. The fourth-order valence-corrected chi connectivity index (χ4v) is 5.21. The van der Waals surface area contributed by atoms with Crippen LogP contribution in [-0.2, 0) is 22.4 Å². The number of nitrogens with two attached hydrogens (primary N) is 1. The van der Waals surface area contributed by atoms with Crippen LogP contribution in [0.2, 0.25) is 0 Å². The van der Waals surface area contributed by atoms with Gasteiger partial charge in [-0.05, 0) is 80.1 Å². The van der Waals surface area contributed by atoms with Gasteiger partial charge in [-0.3, -0.25) is 4.79 Å². The molecule has 7 nitrogen and oxygen atoms in total. The second-order valence-electron chi connectivity index (χ2n) is 9.45. The third kappa shape index (κ3) is 7.31. The Morgan fingerprint density at radius 2 is 1.56 bits per heavy atom. The molecule has 41 heavy (non-hydrogen) atoms. The van der Waals surface area contributed by atoms with Crippen LogP contribution in [0.1, 0.15) is 64.3 Å². The molecule has 0 unspecified atom stereocenters. The lowest BCUT2D eigenvalue weighted by Gasteiger charge is -2.17. The van der Waals surface area contributed by atoms with E-state index in [1.807, 2.05) is 18.4 Å². The number of benzene rings is 3. The Balaban J connectivity index is 0.000000278. The monoisotopic (exact) mass is 592 g/mol. The summed E-state index contributed by atoms with van der Waals surface area (Å²) in [6, 6.07) is 14.5. The van der Waals surface area contributed by atoms with Gasteiger partial charge in [0.1, 0.15) is 5.82 Å². The van der Waals surface area contributed by atoms with Crippen molar-refractivity contribution in [1.82, 2.24) is 4.57 Å². The summed E-state index contributed by atoms with van der Waals surface area (Å²) in [6.45, 7) is 5.35. The number of nitrogens with zero attached hydrogens (tertiary/aromatic N) is 1. The van der Waals surface area contributed by atoms with E-state index in [1.165, 1.54) is 36.4 Å². The van der Waals surface area contributed by atoms with Crippen LogP contribution in [0.5, 0.6) is 0 Å². The van der Waals surface area contributed by atoms with Crippen molar-refractivity contribution in [3.8, 4) is 0 Å². The highest BCUT2D eigenvalue weighted by molar-refractivity contribution is 7.91. The maximum atomic E-state index is 13.4. The third-order valence-electron chi connectivity index (χ3n) is 6.31. The molecule has 0 fully saturated rings. The Morgan fingerprint density at radius 1 is 0.951 bits per heavy atom. The Morgan fingerprint density at radius 3 is 2.07 bits per heavy atom. The molecule has 0 aliphatic carbocycles. The minimum absolute atomic E-state index is 0.0351. The van der Waals surface area contributed by atoms with Crippen LogP contribution in [0.4, 0.5) is 17.6 Å². The number of amides is 1. The molecule has 0 aliphatic rings. The number of aromatic carboxylic acids is 1. The van der Waals surface area contributed by atoms with Gasteiger partial charge in [-0.25, -0.2) is 17.6 Å². The second kappa shape index (κ2) is 12.1. The third-order valence-corrected chi connectivity index (χ3v) is 8.06. The Hall–Kier alpha value is -4.19. The van der Waals surface area contributed by atoms with E-state index >= 15 is 0 Å². The topological polar surface area (TPSA) is 119 Å². The van der Waals surface area contributed by atoms with Gasteiger partial charge in [-0.2, -0.15) is 13.2 Å². The summed E-state index contributed by atoms with van der Waals surface area (Å²) < 4.78 is 77.8. The predicted molar refractivity (Wildman–Crippen MR) is 146 cm³/mol. The predicted octanol–water partition coefficient (Wildman–Crippen LogP) is 6.25. The highest BCUT2D eigenvalue weighted by Gasteiger charge is 2.34. The molecule has 1 heterocycles. The lowest BCUT2D eigenvalue weighted by molar-refractivity contribution is -0.138. The summed E-state index contributed by atoms with van der Waals surface area (Å²) in [5.41, 5.74) is 5.72. The van der Waals surface area contributed by atoms with Gasteiger partial charge in [0.05, 0.1) is 21.8 Å². The number of aromatic nitrogens is 1. The molecule has 4 rings (SSSR count). The molecule has 218 valence electrons. The Kier molecular flexibility index (Phi) is 9.27. The summed E-state index contributed by atoms with van der Waals surface area (Å²) in [4.78, 5) is 22.1. The van der Waals surface area contributed by atoms with Crippen molar-refractivity contribution in [2.24, 2.45) is 5.73 Å². The lowest BCUT2D eigenvalue weighted by atomic mass is 10.0. The zero-order chi connectivity index (χ0) is 30.7. The zero-order valence-corrected chi connectivity index (χ0v) is 23.2. The van der Waals surface area contributed by atoms with Gasteiger partial charge >= 0.3 is 12.1 Å². The van der Waals surface area contributed by atoms with Crippen molar-refractivity contribution in [2.75, 3.05) is 5.75 Å². The molecular weight excluding hydrogens is 564 g/mol. The maximum absolute atomic E-state index is 13.4. The molecule has 4 aromatic rings. The normalized spacial score (nSPS) is 11.8. The van der Waals surface area contributed by atoms with Crippen LogP contribution in [0, 0.1) is 5.82 Å². The van der Waals surface area contributed by atoms with Crippen LogP contribution >= 0.6 is 0 Å². The summed E-state index contributed by atoms with van der Waals surface area (Å²) in [5, 5.41) is 9.78. The number of halogens is 4. The van der Waals surface area contributed by atoms with Crippen molar-refractivity contribution in [1.29, 1.82) is 0 Å². The number of alkyl halides is 3. The largest absolute Gasteiger partial charge is 0.478 e. The van der Waals surface area contributed by atoms with E-state index in [0.29, 0.717) is 22.7 Å².